The number of carbonyl (C=O) groups excluding carboxylic acids is 1. The Morgan fingerprint density at radius 1 is 1.50 bits per heavy atom. The summed E-state index contributed by atoms with van der Waals surface area (Å²) >= 11 is 0. The second-order valence-corrected chi connectivity index (χ2v) is 3.70. The molecule has 1 unspecified atom stereocenters. The van der Waals surface area contributed by atoms with Gasteiger partial charge in [-0.25, -0.2) is 0 Å². The summed E-state index contributed by atoms with van der Waals surface area (Å²) in [6.45, 7) is 1.79. The summed E-state index contributed by atoms with van der Waals surface area (Å²) < 4.78 is 15.9. The van der Waals surface area contributed by atoms with Crippen molar-refractivity contribution in [3.05, 3.63) is 23.8 Å². The van der Waals surface area contributed by atoms with E-state index in [2.05, 4.69) is 0 Å². The van der Waals surface area contributed by atoms with E-state index >= 15 is 0 Å². The van der Waals surface area contributed by atoms with E-state index in [4.69, 9.17) is 14.2 Å². The van der Waals surface area contributed by atoms with Crippen LogP contribution in [0.5, 0.6) is 11.5 Å². The molecule has 0 aliphatic carbocycles. The smallest absolute Gasteiger partial charge is 0.303 e. The van der Waals surface area contributed by atoms with E-state index < -0.39 is 0 Å². The molecule has 4 heteroatoms. The lowest BCUT2D eigenvalue weighted by molar-refractivity contribution is -0.148. The average Bonchev–Trinajstić information content (AvgIpc) is 2.27. The van der Waals surface area contributed by atoms with E-state index in [9.17, 15) is 4.79 Å². The molecule has 1 aliphatic rings. The molecular weight excluding hydrogens is 208 g/mol. The van der Waals surface area contributed by atoms with E-state index in [1.54, 1.807) is 7.11 Å². The highest BCUT2D eigenvalue weighted by atomic mass is 16.6. The molecule has 0 saturated heterocycles. The molecule has 0 spiro atoms. The fourth-order valence-electron chi connectivity index (χ4n) is 1.84. The summed E-state index contributed by atoms with van der Waals surface area (Å²) in [6.07, 6.45) is 0.476. The molecule has 0 aromatic heterocycles. The van der Waals surface area contributed by atoms with Gasteiger partial charge in [0.1, 0.15) is 12.7 Å². The van der Waals surface area contributed by atoms with Crippen molar-refractivity contribution in [3.63, 3.8) is 0 Å². The van der Waals surface area contributed by atoms with Gasteiger partial charge in [-0.05, 0) is 6.07 Å². The van der Waals surface area contributed by atoms with Crippen LogP contribution < -0.4 is 9.47 Å². The van der Waals surface area contributed by atoms with Crippen LogP contribution in [0.3, 0.4) is 0 Å². The van der Waals surface area contributed by atoms with Crippen LogP contribution in [-0.4, -0.2) is 25.8 Å². The highest BCUT2D eigenvalue weighted by molar-refractivity contribution is 5.66. The maximum atomic E-state index is 10.8. The monoisotopic (exact) mass is 222 g/mol. The molecule has 0 fully saturated rings. The number of carbonyl (C=O) groups is 1. The highest BCUT2D eigenvalue weighted by Crippen LogP contribution is 2.34. The van der Waals surface area contributed by atoms with Crippen molar-refractivity contribution < 1.29 is 19.0 Å². The zero-order valence-electron chi connectivity index (χ0n) is 9.36. The Hall–Kier alpha value is -1.71. The number of rotatable bonds is 2. The van der Waals surface area contributed by atoms with Crippen molar-refractivity contribution in [2.75, 3.05) is 13.7 Å². The normalized spacial score (nSPS) is 18.2. The zero-order valence-corrected chi connectivity index (χ0v) is 9.36. The van der Waals surface area contributed by atoms with Gasteiger partial charge in [0.15, 0.2) is 11.5 Å². The first-order valence-corrected chi connectivity index (χ1v) is 5.16. The highest BCUT2D eigenvalue weighted by Gasteiger charge is 2.24. The van der Waals surface area contributed by atoms with Crippen molar-refractivity contribution in [2.24, 2.45) is 0 Å². The van der Waals surface area contributed by atoms with E-state index in [0.29, 0.717) is 13.0 Å². The van der Waals surface area contributed by atoms with Crippen molar-refractivity contribution in [1.82, 2.24) is 0 Å². The van der Waals surface area contributed by atoms with Crippen LogP contribution in [0.2, 0.25) is 0 Å². The molecule has 0 N–H and O–H groups in total. The van der Waals surface area contributed by atoms with E-state index in [-0.39, 0.29) is 12.1 Å². The van der Waals surface area contributed by atoms with Gasteiger partial charge in [0, 0.05) is 18.9 Å². The van der Waals surface area contributed by atoms with Gasteiger partial charge in [0.05, 0.1) is 7.11 Å². The minimum atomic E-state index is -0.278. The van der Waals surface area contributed by atoms with Gasteiger partial charge in [0.25, 0.3) is 0 Å². The van der Waals surface area contributed by atoms with Crippen molar-refractivity contribution >= 4 is 5.97 Å². The maximum absolute atomic E-state index is 10.8. The molecule has 1 aromatic carbocycles. The predicted octanol–water partition coefficient (Wildman–Crippen LogP) is 1.56. The number of hydrogen-bond donors (Lipinski definition) is 0. The van der Waals surface area contributed by atoms with Crippen LogP contribution in [-0.2, 0) is 16.0 Å². The van der Waals surface area contributed by atoms with E-state index in [0.717, 1.165) is 17.1 Å². The number of para-hydroxylation sites is 1. The fraction of sp³-hybridized carbons (Fsp3) is 0.417. The molecule has 0 radical (unpaired) electrons. The van der Waals surface area contributed by atoms with Crippen LogP contribution >= 0.6 is 0 Å². The number of hydrogen-bond acceptors (Lipinski definition) is 4. The van der Waals surface area contributed by atoms with Crippen LogP contribution in [0.1, 0.15) is 12.5 Å². The lowest BCUT2D eigenvalue weighted by atomic mass is 10.0. The van der Waals surface area contributed by atoms with E-state index in [1.807, 2.05) is 18.2 Å². The molecule has 2 rings (SSSR count). The summed E-state index contributed by atoms with van der Waals surface area (Å²) in [6, 6.07) is 5.70. The van der Waals surface area contributed by atoms with Crippen LogP contribution in [0.15, 0.2) is 18.2 Å². The predicted molar refractivity (Wildman–Crippen MR) is 57.7 cm³/mol. The summed E-state index contributed by atoms with van der Waals surface area (Å²) in [4.78, 5) is 10.8. The molecule has 1 aliphatic heterocycles. The molecule has 0 bridgehead atoms. The largest absolute Gasteiger partial charge is 0.493 e. The molecule has 0 saturated carbocycles. The first-order chi connectivity index (χ1) is 7.70. The molecule has 86 valence electrons. The van der Waals surface area contributed by atoms with Gasteiger partial charge < -0.3 is 14.2 Å². The molecular formula is C12H14O4. The topological polar surface area (TPSA) is 44.8 Å². The summed E-state index contributed by atoms with van der Waals surface area (Å²) in [7, 11) is 1.61. The van der Waals surface area contributed by atoms with Gasteiger partial charge in [-0.2, -0.15) is 0 Å². The number of methoxy groups -OCH3 is 1. The molecule has 0 amide bonds. The first-order valence-electron chi connectivity index (χ1n) is 5.16. The Balaban J connectivity index is 2.18. The Bertz CT molecular complexity index is 400. The lowest BCUT2D eigenvalue weighted by Crippen LogP contribution is -2.30. The minimum Gasteiger partial charge on any atom is -0.493 e. The second-order valence-electron chi connectivity index (χ2n) is 3.70. The maximum Gasteiger partial charge on any atom is 0.303 e. The third kappa shape index (κ3) is 2.10. The number of ether oxygens (including phenoxy) is 3. The Morgan fingerprint density at radius 3 is 3.00 bits per heavy atom. The summed E-state index contributed by atoms with van der Waals surface area (Å²) in [5, 5.41) is 0. The van der Waals surface area contributed by atoms with E-state index in [1.165, 1.54) is 6.92 Å². The van der Waals surface area contributed by atoms with Crippen molar-refractivity contribution in [1.29, 1.82) is 0 Å². The van der Waals surface area contributed by atoms with Gasteiger partial charge in [0.2, 0.25) is 0 Å². The number of fused-ring (bicyclic) bond motifs is 1. The van der Waals surface area contributed by atoms with Gasteiger partial charge in [-0.1, -0.05) is 12.1 Å². The summed E-state index contributed by atoms with van der Waals surface area (Å²) in [5.41, 5.74) is 1.01. The lowest BCUT2D eigenvalue weighted by Gasteiger charge is -2.25. The van der Waals surface area contributed by atoms with Crippen LogP contribution in [0.4, 0.5) is 0 Å². The minimum absolute atomic E-state index is 0.197. The van der Waals surface area contributed by atoms with Gasteiger partial charge in [-0.3, -0.25) is 4.79 Å². The van der Waals surface area contributed by atoms with Gasteiger partial charge in [-0.15, -0.1) is 0 Å². The third-order valence-electron chi connectivity index (χ3n) is 2.47. The quantitative estimate of drug-likeness (QED) is 0.712. The molecule has 1 heterocycles. The van der Waals surface area contributed by atoms with Crippen molar-refractivity contribution in [2.45, 2.75) is 19.4 Å². The van der Waals surface area contributed by atoms with Crippen molar-refractivity contribution in [3.8, 4) is 11.5 Å². The Morgan fingerprint density at radius 2 is 2.31 bits per heavy atom. The molecule has 1 atom stereocenters. The number of benzene rings is 1. The Kier molecular flexibility index (Phi) is 2.99. The molecule has 1 aromatic rings. The zero-order chi connectivity index (χ0) is 11.5. The third-order valence-corrected chi connectivity index (χ3v) is 2.47. The standard InChI is InChI=1S/C12H14O4/c1-8(13)16-10-6-9-4-3-5-11(14-2)12(9)15-7-10/h3-5,10H,6-7H2,1-2H3. The van der Waals surface area contributed by atoms with Gasteiger partial charge >= 0.3 is 5.97 Å². The second kappa shape index (κ2) is 4.43. The number of esters is 1. The van der Waals surface area contributed by atoms with Crippen LogP contribution in [0.25, 0.3) is 0 Å². The molecule has 4 nitrogen and oxygen atoms in total. The molecule has 16 heavy (non-hydrogen) atoms. The summed E-state index contributed by atoms with van der Waals surface area (Å²) in [5.74, 6) is 1.20. The SMILES string of the molecule is COc1cccc2c1OCC(OC(C)=O)C2. The first kappa shape index (κ1) is 10.8. The Labute approximate surface area is 94.1 Å². The van der Waals surface area contributed by atoms with Crippen LogP contribution in [0, 0.1) is 0 Å². The average molecular weight is 222 g/mol. The fourth-order valence-corrected chi connectivity index (χ4v) is 1.84.